The Labute approximate surface area is 103 Å². The summed E-state index contributed by atoms with van der Waals surface area (Å²) in [6.45, 7) is 5.45. The van der Waals surface area contributed by atoms with E-state index in [0.717, 1.165) is 6.54 Å². The zero-order valence-corrected chi connectivity index (χ0v) is 11.7. The monoisotopic (exact) mass is 238 g/mol. The van der Waals surface area contributed by atoms with Gasteiger partial charge in [0, 0.05) is 29.7 Å². The molecule has 0 unspecified atom stereocenters. The highest BCUT2D eigenvalue weighted by Gasteiger charge is 2.22. The Morgan fingerprint density at radius 1 is 1.25 bits per heavy atom. The lowest BCUT2D eigenvalue weighted by molar-refractivity contribution is 0.463. The molecule has 0 saturated carbocycles. The second-order valence-corrected chi connectivity index (χ2v) is 5.48. The number of thioether (sulfide) groups is 1. The standard InChI is InChI=1S/C13H22N2S/c1-13(2,10-14-3)15(4)11-6-8-12(16-5)9-7-11/h6-9,14H,10H2,1-5H3. The van der Waals surface area contributed by atoms with Gasteiger partial charge in [-0.05, 0) is 51.4 Å². The van der Waals surface area contributed by atoms with Crippen LogP contribution in [0.1, 0.15) is 13.8 Å². The van der Waals surface area contributed by atoms with Crippen molar-refractivity contribution in [3.8, 4) is 0 Å². The van der Waals surface area contributed by atoms with Gasteiger partial charge in [-0.2, -0.15) is 0 Å². The lowest BCUT2D eigenvalue weighted by Gasteiger charge is -2.37. The molecule has 1 N–H and O–H groups in total. The Balaban J connectivity index is 2.83. The van der Waals surface area contributed by atoms with Crippen LogP contribution in [0.15, 0.2) is 29.2 Å². The van der Waals surface area contributed by atoms with Gasteiger partial charge in [0.2, 0.25) is 0 Å². The molecule has 0 radical (unpaired) electrons. The highest BCUT2D eigenvalue weighted by Crippen LogP contribution is 2.24. The SMILES string of the molecule is CNCC(C)(C)N(C)c1ccc(SC)cc1. The number of likely N-dealkylation sites (N-methyl/N-ethyl adjacent to an activating group) is 2. The fourth-order valence-corrected chi connectivity index (χ4v) is 2.11. The average Bonchev–Trinajstić information content (AvgIpc) is 2.28. The van der Waals surface area contributed by atoms with E-state index < -0.39 is 0 Å². The number of hydrogen-bond acceptors (Lipinski definition) is 3. The van der Waals surface area contributed by atoms with Gasteiger partial charge in [-0.25, -0.2) is 0 Å². The maximum atomic E-state index is 3.24. The molecule has 0 fully saturated rings. The normalized spacial score (nSPS) is 11.6. The van der Waals surface area contributed by atoms with E-state index in [9.17, 15) is 0 Å². The zero-order valence-electron chi connectivity index (χ0n) is 10.9. The van der Waals surface area contributed by atoms with Gasteiger partial charge in [-0.3, -0.25) is 0 Å². The van der Waals surface area contributed by atoms with E-state index in [1.54, 1.807) is 11.8 Å². The van der Waals surface area contributed by atoms with Crippen LogP contribution in [0.2, 0.25) is 0 Å². The summed E-state index contributed by atoms with van der Waals surface area (Å²) < 4.78 is 0. The predicted molar refractivity (Wildman–Crippen MR) is 74.6 cm³/mol. The lowest BCUT2D eigenvalue weighted by atomic mass is 10.0. The third kappa shape index (κ3) is 3.16. The molecular formula is C13H22N2S. The summed E-state index contributed by atoms with van der Waals surface area (Å²) in [5.41, 5.74) is 1.38. The molecular weight excluding hydrogens is 216 g/mol. The van der Waals surface area contributed by atoms with Crippen LogP contribution < -0.4 is 10.2 Å². The largest absolute Gasteiger partial charge is 0.368 e. The number of hydrogen-bond donors (Lipinski definition) is 1. The molecule has 2 nitrogen and oxygen atoms in total. The first-order valence-corrected chi connectivity index (χ1v) is 6.76. The summed E-state index contributed by atoms with van der Waals surface area (Å²) in [5.74, 6) is 0. The molecule has 0 bridgehead atoms. The van der Waals surface area contributed by atoms with Crippen molar-refractivity contribution >= 4 is 17.4 Å². The smallest absolute Gasteiger partial charge is 0.0466 e. The summed E-state index contributed by atoms with van der Waals surface area (Å²) in [4.78, 5) is 3.62. The topological polar surface area (TPSA) is 15.3 Å². The molecule has 3 heteroatoms. The van der Waals surface area contributed by atoms with Crippen LogP contribution in [0.4, 0.5) is 5.69 Å². The summed E-state index contributed by atoms with van der Waals surface area (Å²) in [5, 5.41) is 3.24. The molecule has 1 aromatic carbocycles. The second-order valence-electron chi connectivity index (χ2n) is 4.60. The molecule has 16 heavy (non-hydrogen) atoms. The Morgan fingerprint density at radius 2 is 1.81 bits per heavy atom. The van der Waals surface area contributed by atoms with Gasteiger partial charge in [0.15, 0.2) is 0 Å². The van der Waals surface area contributed by atoms with Crippen molar-refractivity contribution in [1.29, 1.82) is 0 Å². The van der Waals surface area contributed by atoms with E-state index >= 15 is 0 Å². The van der Waals surface area contributed by atoms with Crippen LogP contribution in [-0.4, -0.2) is 32.4 Å². The molecule has 0 saturated heterocycles. The molecule has 90 valence electrons. The van der Waals surface area contributed by atoms with E-state index in [1.165, 1.54) is 10.6 Å². The Morgan fingerprint density at radius 3 is 2.25 bits per heavy atom. The molecule has 1 aromatic rings. The van der Waals surface area contributed by atoms with E-state index in [1.807, 2.05) is 7.05 Å². The maximum absolute atomic E-state index is 3.24. The molecule has 0 aromatic heterocycles. The third-order valence-corrected chi connectivity index (χ3v) is 3.72. The minimum Gasteiger partial charge on any atom is -0.368 e. The average molecular weight is 238 g/mol. The van der Waals surface area contributed by atoms with Crippen LogP contribution in [0.3, 0.4) is 0 Å². The van der Waals surface area contributed by atoms with Crippen LogP contribution >= 0.6 is 11.8 Å². The molecule has 0 aliphatic carbocycles. The molecule has 0 atom stereocenters. The molecule has 0 spiro atoms. The van der Waals surface area contributed by atoms with E-state index in [0.29, 0.717) is 0 Å². The van der Waals surface area contributed by atoms with E-state index in [2.05, 4.69) is 61.6 Å². The number of nitrogens with one attached hydrogen (secondary N) is 1. The van der Waals surface area contributed by atoms with Crippen molar-refractivity contribution in [3.05, 3.63) is 24.3 Å². The van der Waals surface area contributed by atoms with Crippen molar-refractivity contribution in [1.82, 2.24) is 5.32 Å². The van der Waals surface area contributed by atoms with Crippen LogP contribution in [0, 0.1) is 0 Å². The number of benzene rings is 1. The molecule has 0 aliphatic rings. The summed E-state index contributed by atoms with van der Waals surface area (Å²) >= 11 is 1.78. The molecule has 0 aliphatic heterocycles. The van der Waals surface area contributed by atoms with Crippen molar-refractivity contribution in [2.24, 2.45) is 0 Å². The minimum atomic E-state index is 0.121. The number of nitrogens with zero attached hydrogens (tertiary/aromatic N) is 1. The van der Waals surface area contributed by atoms with E-state index in [4.69, 9.17) is 0 Å². The Kier molecular flexibility index (Phi) is 4.69. The molecule has 1 rings (SSSR count). The van der Waals surface area contributed by atoms with Gasteiger partial charge in [0.25, 0.3) is 0 Å². The minimum absolute atomic E-state index is 0.121. The van der Waals surface area contributed by atoms with Crippen LogP contribution in [0.25, 0.3) is 0 Å². The first-order chi connectivity index (χ1) is 7.51. The molecule has 0 amide bonds. The summed E-state index contributed by atoms with van der Waals surface area (Å²) in [6.07, 6.45) is 2.10. The number of anilines is 1. The Hall–Kier alpha value is -0.670. The van der Waals surface area contributed by atoms with Gasteiger partial charge >= 0.3 is 0 Å². The fraction of sp³-hybridized carbons (Fsp3) is 0.538. The summed E-state index contributed by atoms with van der Waals surface area (Å²) in [6, 6.07) is 8.71. The predicted octanol–water partition coefficient (Wildman–Crippen LogP) is 2.84. The third-order valence-electron chi connectivity index (χ3n) is 2.98. The summed E-state index contributed by atoms with van der Waals surface area (Å²) in [7, 11) is 4.14. The van der Waals surface area contributed by atoms with Gasteiger partial charge in [-0.1, -0.05) is 0 Å². The van der Waals surface area contributed by atoms with Gasteiger partial charge in [-0.15, -0.1) is 11.8 Å². The highest BCUT2D eigenvalue weighted by molar-refractivity contribution is 7.98. The van der Waals surface area contributed by atoms with Crippen molar-refractivity contribution in [3.63, 3.8) is 0 Å². The highest BCUT2D eigenvalue weighted by atomic mass is 32.2. The maximum Gasteiger partial charge on any atom is 0.0466 e. The Bertz CT molecular complexity index is 319. The second kappa shape index (κ2) is 5.60. The molecule has 0 heterocycles. The van der Waals surface area contributed by atoms with Crippen molar-refractivity contribution in [2.75, 3.05) is 31.8 Å². The van der Waals surface area contributed by atoms with Gasteiger partial charge < -0.3 is 10.2 Å². The number of rotatable bonds is 5. The van der Waals surface area contributed by atoms with Crippen molar-refractivity contribution in [2.45, 2.75) is 24.3 Å². The van der Waals surface area contributed by atoms with Crippen molar-refractivity contribution < 1.29 is 0 Å². The van der Waals surface area contributed by atoms with Crippen LogP contribution in [-0.2, 0) is 0 Å². The van der Waals surface area contributed by atoms with E-state index in [-0.39, 0.29) is 5.54 Å². The quantitative estimate of drug-likeness (QED) is 0.794. The zero-order chi connectivity index (χ0) is 12.2. The van der Waals surface area contributed by atoms with Crippen LogP contribution in [0.5, 0.6) is 0 Å². The van der Waals surface area contributed by atoms with Gasteiger partial charge in [0.05, 0.1) is 0 Å². The first kappa shape index (κ1) is 13.4. The first-order valence-electron chi connectivity index (χ1n) is 5.54. The lowest BCUT2D eigenvalue weighted by Crippen LogP contribution is -2.48. The van der Waals surface area contributed by atoms with Gasteiger partial charge in [0.1, 0.15) is 0 Å². The fourth-order valence-electron chi connectivity index (χ4n) is 1.71.